The molecule has 0 aliphatic heterocycles. The van der Waals surface area contributed by atoms with E-state index in [0.29, 0.717) is 0 Å². The average molecular weight is 286 g/mol. The van der Waals surface area contributed by atoms with E-state index < -0.39 is 0 Å². The van der Waals surface area contributed by atoms with Gasteiger partial charge in [-0.1, -0.05) is 34.5 Å². The number of hydrogen-bond acceptors (Lipinski definition) is 1. The third kappa shape index (κ3) is 4.45. The summed E-state index contributed by atoms with van der Waals surface area (Å²) in [6.45, 7) is 6.03. The van der Waals surface area contributed by atoms with Gasteiger partial charge in [0, 0.05) is 11.0 Å². The van der Waals surface area contributed by atoms with Crippen LogP contribution in [0.3, 0.4) is 0 Å². The summed E-state index contributed by atoms with van der Waals surface area (Å²) in [5.74, 6) is -0.205. The van der Waals surface area contributed by atoms with Crippen LogP contribution in [0, 0.1) is 5.82 Å². The highest BCUT2D eigenvalue weighted by Gasteiger charge is 1.99. The molecule has 0 aliphatic rings. The summed E-state index contributed by atoms with van der Waals surface area (Å²) in [4.78, 5) is 0. The van der Waals surface area contributed by atoms with Gasteiger partial charge in [0.2, 0.25) is 0 Å². The van der Waals surface area contributed by atoms with Crippen LogP contribution in [0.25, 0.3) is 6.08 Å². The Morgan fingerprint density at radius 3 is 2.94 bits per heavy atom. The summed E-state index contributed by atoms with van der Waals surface area (Å²) in [6, 6.07) is 4.72. The summed E-state index contributed by atoms with van der Waals surface area (Å²) in [6.07, 6.45) is 3.12. The molecule has 1 rings (SSSR count). The molecule has 0 saturated carbocycles. The number of hydrogen-bond donors (Lipinski definition) is 1. The number of halogens is 2. The molecular formula is C13H17BrFN. The van der Waals surface area contributed by atoms with Crippen LogP contribution in [-0.2, 0) is 0 Å². The van der Waals surface area contributed by atoms with Gasteiger partial charge in [0.25, 0.3) is 0 Å². The first-order chi connectivity index (χ1) is 7.63. The van der Waals surface area contributed by atoms with Crippen molar-refractivity contribution < 1.29 is 4.39 Å². The zero-order valence-corrected chi connectivity index (χ0v) is 11.3. The van der Waals surface area contributed by atoms with Crippen molar-refractivity contribution in [3.05, 3.63) is 39.6 Å². The first-order valence-corrected chi connectivity index (χ1v) is 6.25. The summed E-state index contributed by atoms with van der Waals surface area (Å²) < 4.78 is 14.0. The van der Waals surface area contributed by atoms with Crippen molar-refractivity contribution in [2.75, 3.05) is 13.1 Å². The van der Waals surface area contributed by atoms with E-state index in [-0.39, 0.29) is 5.82 Å². The lowest BCUT2D eigenvalue weighted by molar-refractivity contribution is 0.627. The normalized spacial score (nSPS) is 11.9. The highest BCUT2D eigenvalue weighted by atomic mass is 79.9. The molecule has 16 heavy (non-hydrogen) atoms. The van der Waals surface area contributed by atoms with E-state index in [4.69, 9.17) is 0 Å². The Balaban J connectivity index is 2.69. The van der Waals surface area contributed by atoms with Gasteiger partial charge in [-0.3, -0.25) is 0 Å². The maximum Gasteiger partial charge on any atom is 0.123 e. The highest BCUT2D eigenvalue weighted by molar-refractivity contribution is 9.10. The molecule has 3 heteroatoms. The lowest BCUT2D eigenvalue weighted by Crippen LogP contribution is -2.16. The van der Waals surface area contributed by atoms with Gasteiger partial charge in [-0.05, 0) is 43.7 Å². The Morgan fingerprint density at radius 2 is 2.25 bits per heavy atom. The monoisotopic (exact) mass is 285 g/mol. The molecule has 0 bridgehead atoms. The Bertz CT molecular complexity index is 374. The molecule has 0 fully saturated rings. The minimum atomic E-state index is -0.205. The van der Waals surface area contributed by atoms with Crippen LogP contribution >= 0.6 is 15.9 Å². The Kier molecular flexibility index (Phi) is 5.71. The van der Waals surface area contributed by atoms with Gasteiger partial charge in [-0.25, -0.2) is 4.39 Å². The molecule has 88 valence electrons. The molecule has 0 saturated heterocycles. The minimum Gasteiger partial charge on any atom is -0.313 e. The molecule has 0 unspecified atom stereocenters. The Hall–Kier alpha value is -0.670. The smallest absolute Gasteiger partial charge is 0.123 e. The molecule has 0 amide bonds. The molecule has 1 aromatic rings. The van der Waals surface area contributed by atoms with Crippen LogP contribution in [0.5, 0.6) is 0 Å². The van der Waals surface area contributed by atoms with Gasteiger partial charge in [0.1, 0.15) is 5.82 Å². The van der Waals surface area contributed by atoms with Crippen molar-refractivity contribution in [2.45, 2.75) is 20.3 Å². The number of nitrogens with one attached hydrogen (secondary N) is 1. The minimum absolute atomic E-state index is 0.205. The third-order valence-corrected chi connectivity index (χ3v) is 2.91. The predicted molar refractivity (Wildman–Crippen MR) is 70.9 cm³/mol. The van der Waals surface area contributed by atoms with Gasteiger partial charge in [0.15, 0.2) is 0 Å². The molecule has 1 N–H and O–H groups in total. The molecule has 0 atom stereocenters. The molecule has 0 radical (unpaired) electrons. The summed E-state index contributed by atoms with van der Waals surface area (Å²) in [7, 11) is 0. The number of rotatable bonds is 5. The first-order valence-electron chi connectivity index (χ1n) is 5.46. The predicted octanol–water partition coefficient (Wildman–Crippen LogP) is 3.99. The largest absolute Gasteiger partial charge is 0.313 e. The van der Waals surface area contributed by atoms with Crippen molar-refractivity contribution in [1.82, 2.24) is 5.32 Å². The van der Waals surface area contributed by atoms with Gasteiger partial charge >= 0.3 is 0 Å². The molecule has 0 spiro atoms. The van der Waals surface area contributed by atoms with Crippen molar-refractivity contribution in [1.29, 1.82) is 0 Å². The third-order valence-electron chi connectivity index (χ3n) is 2.19. The second-order valence-corrected chi connectivity index (χ2v) is 4.69. The number of benzene rings is 1. The quantitative estimate of drug-likeness (QED) is 0.807. The van der Waals surface area contributed by atoms with Gasteiger partial charge in [-0.2, -0.15) is 0 Å². The van der Waals surface area contributed by atoms with E-state index in [2.05, 4.69) is 28.2 Å². The maximum absolute atomic E-state index is 13.0. The molecule has 1 nitrogen and oxygen atoms in total. The standard InChI is InChI=1S/C13H17BrFN/c1-3-6-16-9-10(2)7-11-8-12(15)4-5-13(11)14/h4-5,7-8,16H,3,6,9H2,1-2H3/b10-7+. The van der Waals surface area contributed by atoms with Crippen molar-refractivity contribution in [3.8, 4) is 0 Å². The van der Waals surface area contributed by atoms with E-state index in [1.165, 1.54) is 17.7 Å². The van der Waals surface area contributed by atoms with Gasteiger partial charge in [-0.15, -0.1) is 0 Å². The van der Waals surface area contributed by atoms with Crippen LogP contribution < -0.4 is 5.32 Å². The van der Waals surface area contributed by atoms with E-state index in [9.17, 15) is 4.39 Å². The van der Waals surface area contributed by atoms with E-state index in [1.807, 2.05) is 13.0 Å². The SMILES string of the molecule is CCCNC/C(C)=C/c1cc(F)ccc1Br. The lowest BCUT2D eigenvalue weighted by Gasteiger charge is -2.05. The second kappa shape index (κ2) is 6.81. The molecule has 0 heterocycles. The van der Waals surface area contributed by atoms with Crippen LogP contribution in [0.15, 0.2) is 28.2 Å². The van der Waals surface area contributed by atoms with Crippen LogP contribution in [0.4, 0.5) is 4.39 Å². The summed E-state index contributed by atoms with van der Waals surface area (Å²) in [5, 5.41) is 3.31. The fourth-order valence-corrected chi connectivity index (χ4v) is 1.77. The van der Waals surface area contributed by atoms with E-state index >= 15 is 0 Å². The van der Waals surface area contributed by atoms with Crippen molar-refractivity contribution in [2.24, 2.45) is 0 Å². The first kappa shape index (κ1) is 13.4. The van der Waals surface area contributed by atoms with Gasteiger partial charge < -0.3 is 5.32 Å². The van der Waals surface area contributed by atoms with Crippen molar-refractivity contribution in [3.63, 3.8) is 0 Å². The second-order valence-electron chi connectivity index (χ2n) is 3.83. The summed E-state index contributed by atoms with van der Waals surface area (Å²) >= 11 is 3.41. The fourth-order valence-electron chi connectivity index (χ4n) is 1.40. The van der Waals surface area contributed by atoms with Crippen LogP contribution in [-0.4, -0.2) is 13.1 Å². The molecule has 0 aromatic heterocycles. The van der Waals surface area contributed by atoms with Crippen LogP contribution in [0.2, 0.25) is 0 Å². The molecule has 1 aromatic carbocycles. The average Bonchev–Trinajstić information content (AvgIpc) is 2.24. The summed E-state index contributed by atoms with van der Waals surface area (Å²) in [5.41, 5.74) is 2.08. The lowest BCUT2D eigenvalue weighted by atomic mass is 10.1. The Morgan fingerprint density at radius 1 is 1.50 bits per heavy atom. The maximum atomic E-state index is 13.0. The van der Waals surface area contributed by atoms with Gasteiger partial charge in [0.05, 0.1) is 0 Å². The van der Waals surface area contributed by atoms with E-state index in [0.717, 1.165) is 29.5 Å². The topological polar surface area (TPSA) is 12.0 Å². The van der Waals surface area contributed by atoms with Crippen LogP contribution in [0.1, 0.15) is 25.8 Å². The van der Waals surface area contributed by atoms with Crippen molar-refractivity contribution >= 4 is 22.0 Å². The zero-order valence-electron chi connectivity index (χ0n) is 9.69. The molecular weight excluding hydrogens is 269 g/mol. The Labute approximate surface area is 105 Å². The molecule has 0 aliphatic carbocycles. The highest BCUT2D eigenvalue weighted by Crippen LogP contribution is 2.20. The fraction of sp³-hybridized carbons (Fsp3) is 0.385. The zero-order chi connectivity index (χ0) is 12.0. The van der Waals surface area contributed by atoms with E-state index in [1.54, 1.807) is 6.07 Å².